The summed E-state index contributed by atoms with van der Waals surface area (Å²) >= 11 is 6.06. The minimum atomic E-state index is -4.88. The largest absolute Gasteiger partial charge is 0.387 e. The van der Waals surface area contributed by atoms with Gasteiger partial charge in [-0.05, 0) is 24.6 Å². The molecule has 0 amide bonds. The van der Waals surface area contributed by atoms with Crippen LogP contribution in [-0.4, -0.2) is 70.3 Å². The van der Waals surface area contributed by atoms with Gasteiger partial charge in [0.2, 0.25) is 5.28 Å². The number of aliphatic hydroxyl groups excluding tert-OH is 1. The van der Waals surface area contributed by atoms with Gasteiger partial charge in [0.25, 0.3) is 0 Å². The van der Waals surface area contributed by atoms with Gasteiger partial charge in [0.1, 0.15) is 24.1 Å². The van der Waals surface area contributed by atoms with E-state index in [1.165, 1.54) is 12.3 Å². The summed E-state index contributed by atoms with van der Waals surface area (Å²) in [4.78, 5) is 35.7. The number of ether oxygens (including phenoxy) is 1. The van der Waals surface area contributed by atoms with E-state index in [0.29, 0.717) is 5.56 Å². The Morgan fingerprint density at radius 1 is 1.30 bits per heavy atom. The van der Waals surface area contributed by atoms with Crippen molar-refractivity contribution in [1.82, 2.24) is 19.6 Å². The Morgan fingerprint density at radius 3 is 2.68 bits per heavy atom. The minimum Gasteiger partial charge on any atom is -0.387 e. The van der Waals surface area contributed by atoms with E-state index in [4.69, 9.17) is 26.1 Å². The lowest BCUT2D eigenvalue weighted by atomic mass is 10.1. The summed E-state index contributed by atoms with van der Waals surface area (Å²) in [6, 6.07) is 5.52. The van der Waals surface area contributed by atoms with Gasteiger partial charge in [-0.1, -0.05) is 18.2 Å². The molecule has 37 heavy (non-hydrogen) atoms. The number of nitrogens with one attached hydrogen (secondary N) is 1. The predicted octanol–water partition coefficient (Wildman–Crippen LogP) is 2.57. The molecule has 5 N–H and O–H groups in total. The molecule has 6 atom stereocenters. The highest BCUT2D eigenvalue weighted by molar-refractivity contribution is 7.70. The van der Waals surface area contributed by atoms with Crippen LogP contribution in [0.3, 0.4) is 0 Å². The van der Waals surface area contributed by atoms with Gasteiger partial charge in [-0.3, -0.25) is 9.13 Å². The minimum absolute atomic E-state index is 0.0114. The molecule has 3 aromatic rings. The number of anilines is 1. The first kappa shape index (κ1) is 28.0. The zero-order valence-corrected chi connectivity index (χ0v) is 21.5. The molecule has 0 aliphatic carbocycles. The topological polar surface area (TPSA) is 189 Å². The van der Waals surface area contributed by atoms with E-state index < -0.39 is 64.0 Å². The molecule has 1 aliphatic heterocycles. The van der Waals surface area contributed by atoms with E-state index in [1.807, 2.05) is 0 Å². The van der Waals surface area contributed by atoms with E-state index in [9.17, 15) is 23.5 Å². The first-order valence-electron chi connectivity index (χ1n) is 10.7. The SMILES string of the molecule is C[C@H](Nc1nc(Cl)nn2c(C3O[C@H](COP(=O)(O)CP(=O)(O)O)[C@@H](O)[C@@H]3F)cnc12)c1ccccc1F. The van der Waals surface area contributed by atoms with Crippen LogP contribution in [0.1, 0.15) is 30.3 Å². The van der Waals surface area contributed by atoms with Crippen LogP contribution in [0.25, 0.3) is 5.65 Å². The summed E-state index contributed by atoms with van der Waals surface area (Å²) in [7, 11) is -9.63. The number of hydrogen-bond donors (Lipinski definition) is 5. The Bertz CT molecular complexity index is 1390. The van der Waals surface area contributed by atoms with Gasteiger partial charge in [-0.25, -0.2) is 18.3 Å². The Balaban J connectivity index is 1.56. The molecule has 4 rings (SSSR count). The average molecular weight is 584 g/mol. The second-order valence-corrected chi connectivity index (χ2v) is 12.6. The van der Waals surface area contributed by atoms with Crippen molar-refractivity contribution in [3.8, 4) is 0 Å². The van der Waals surface area contributed by atoms with Crippen LogP contribution in [0, 0.1) is 5.82 Å². The van der Waals surface area contributed by atoms with Crippen LogP contribution < -0.4 is 5.32 Å². The number of benzene rings is 1. The van der Waals surface area contributed by atoms with E-state index in [-0.39, 0.29) is 22.4 Å². The first-order chi connectivity index (χ1) is 17.3. The molecule has 1 aromatic carbocycles. The van der Waals surface area contributed by atoms with Gasteiger partial charge in [-0.2, -0.15) is 4.98 Å². The maximum Gasteiger partial charge on any atom is 0.340 e. The fraction of sp³-hybridized carbons (Fsp3) is 0.421. The van der Waals surface area contributed by atoms with Gasteiger partial charge in [0, 0.05) is 5.56 Å². The van der Waals surface area contributed by atoms with Crippen LogP contribution in [0.4, 0.5) is 14.6 Å². The van der Waals surface area contributed by atoms with E-state index in [0.717, 1.165) is 4.52 Å². The molecule has 2 aromatic heterocycles. The fourth-order valence-corrected chi connectivity index (χ4v) is 6.56. The summed E-state index contributed by atoms with van der Waals surface area (Å²) in [5, 5.41) is 17.0. The second-order valence-electron chi connectivity index (χ2n) is 8.30. The highest BCUT2D eigenvalue weighted by Crippen LogP contribution is 2.55. The summed E-state index contributed by atoms with van der Waals surface area (Å²) in [5.41, 5.74) is 0.447. The zero-order chi connectivity index (χ0) is 27.1. The number of hydrogen-bond acceptors (Lipinski definition) is 9. The molecular formula is C19H22ClF2N5O8P2. The normalized spacial score (nSPS) is 24.8. The Morgan fingerprint density at radius 2 is 2.00 bits per heavy atom. The van der Waals surface area contributed by atoms with Crippen molar-refractivity contribution >= 4 is 38.3 Å². The van der Waals surface area contributed by atoms with Crippen molar-refractivity contribution in [3.63, 3.8) is 0 Å². The molecule has 1 aliphatic rings. The van der Waals surface area contributed by atoms with E-state index in [2.05, 4.69) is 24.9 Å². The van der Waals surface area contributed by atoms with Gasteiger partial charge in [-0.15, -0.1) is 5.10 Å². The molecule has 18 heteroatoms. The third-order valence-corrected chi connectivity index (χ3v) is 9.12. The molecule has 2 unspecified atom stereocenters. The highest BCUT2D eigenvalue weighted by Gasteiger charge is 2.47. The molecule has 3 heterocycles. The van der Waals surface area contributed by atoms with Crippen molar-refractivity contribution in [3.05, 3.63) is 52.8 Å². The smallest absolute Gasteiger partial charge is 0.340 e. The Hall–Kier alpha value is -2.06. The van der Waals surface area contributed by atoms with Crippen molar-refractivity contribution in [2.45, 2.75) is 37.4 Å². The third kappa shape index (κ3) is 6.33. The van der Waals surface area contributed by atoms with E-state index in [1.54, 1.807) is 25.1 Å². The van der Waals surface area contributed by atoms with Crippen molar-refractivity contribution in [1.29, 1.82) is 0 Å². The van der Waals surface area contributed by atoms with Gasteiger partial charge < -0.3 is 34.4 Å². The van der Waals surface area contributed by atoms with Gasteiger partial charge >= 0.3 is 15.2 Å². The van der Waals surface area contributed by atoms with Crippen molar-refractivity contribution in [2.75, 3.05) is 17.8 Å². The molecule has 0 bridgehead atoms. The molecule has 202 valence electrons. The Labute approximate surface area is 213 Å². The van der Waals surface area contributed by atoms with Crippen molar-refractivity contribution in [2.24, 2.45) is 0 Å². The first-order valence-corrected chi connectivity index (χ1v) is 14.6. The number of halogens is 3. The molecule has 0 saturated carbocycles. The molecule has 1 fully saturated rings. The summed E-state index contributed by atoms with van der Waals surface area (Å²) < 4.78 is 63.4. The number of aromatic nitrogens is 4. The average Bonchev–Trinajstić information content (AvgIpc) is 3.32. The number of aliphatic hydroxyl groups is 1. The number of fused-ring (bicyclic) bond motifs is 1. The monoisotopic (exact) mass is 583 g/mol. The third-order valence-electron chi connectivity index (χ3n) is 5.50. The van der Waals surface area contributed by atoms with E-state index >= 15 is 4.39 Å². The van der Waals surface area contributed by atoms with Gasteiger partial charge in [0.15, 0.2) is 23.5 Å². The maximum absolute atomic E-state index is 15.0. The number of nitrogens with zero attached hydrogens (tertiary/aromatic N) is 4. The summed E-state index contributed by atoms with van der Waals surface area (Å²) in [6.45, 7) is 0.852. The van der Waals surface area contributed by atoms with Crippen LogP contribution in [0.15, 0.2) is 30.5 Å². The molecular weight excluding hydrogens is 562 g/mol. The second kappa shape index (κ2) is 10.6. The zero-order valence-electron chi connectivity index (χ0n) is 18.9. The molecule has 1 saturated heterocycles. The van der Waals surface area contributed by atoms with Gasteiger partial charge in [0.05, 0.1) is 24.5 Å². The lowest BCUT2D eigenvalue weighted by Crippen LogP contribution is -2.31. The van der Waals surface area contributed by atoms with Crippen LogP contribution >= 0.6 is 26.8 Å². The van der Waals surface area contributed by atoms with Crippen LogP contribution in [0.5, 0.6) is 0 Å². The maximum atomic E-state index is 15.0. The summed E-state index contributed by atoms with van der Waals surface area (Å²) in [5.74, 6) is -1.79. The Kier molecular flexibility index (Phi) is 8.01. The quantitative estimate of drug-likeness (QED) is 0.232. The number of rotatable bonds is 9. The van der Waals surface area contributed by atoms with Crippen LogP contribution in [0.2, 0.25) is 5.28 Å². The molecule has 0 radical (unpaired) electrons. The predicted molar refractivity (Wildman–Crippen MR) is 125 cm³/mol. The van der Waals surface area contributed by atoms with Crippen LogP contribution in [-0.2, 0) is 18.4 Å². The lowest BCUT2D eigenvalue weighted by molar-refractivity contribution is -0.0199. The summed E-state index contributed by atoms with van der Waals surface area (Å²) in [6.07, 6.45) is -5.60. The molecule has 0 spiro atoms. The highest BCUT2D eigenvalue weighted by atomic mass is 35.5. The number of alkyl halides is 1. The fourth-order valence-electron chi connectivity index (χ4n) is 3.83. The van der Waals surface area contributed by atoms with Crippen molar-refractivity contribution < 1.29 is 47.0 Å². The standard InChI is InChI=1S/C19H22ClF2N5O8P2/c1-9(10-4-2-3-5-11(10)21)24-17-18-23-6-12(27(18)26-19(20)25-17)16-14(22)15(28)13(35-16)7-34-37(32,33)8-36(29,30)31/h2-6,9,13-16,28H,7-8H2,1H3,(H,32,33)(H,24,25,26)(H2,29,30,31)/t9-,13+,14-,15+,16?/m0/s1. The number of imidazole rings is 1. The molecule has 13 nitrogen and oxygen atoms in total. The lowest BCUT2D eigenvalue weighted by Gasteiger charge is -2.18.